The molecule has 1 aromatic carbocycles. The van der Waals surface area contributed by atoms with E-state index in [4.69, 9.17) is 4.74 Å². The number of nitrogens with zero attached hydrogens (tertiary/aromatic N) is 1. The largest absolute Gasteiger partial charge is 0.496 e. The Labute approximate surface area is 151 Å². The van der Waals surface area contributed by atoms with Crippen molar-refractivity contribution in [2.45, 2.75) is 44.4 Å². The van der Waals surface area contributed by atoms with Gasteiger partial charge in [0, 0.05) is 19.6 Å². The van der Waals surface area contributed by atoms with Crippen LogP contribution >= 0.6 is 12.4 Å². The molecule has 1 heterocycles. The zero-order valence-corrected chi connectivity index (χ0v) is 15.6. The Bertz CT molecular complexity index is 562. The van der Waals surface area contributed by atoms with E-state index in [0.717, 1.165) is 75.2 Å². The van der Waals surface area contributed by atoms with Gasteiger partial charge in [0.05, 0.1) is 12.5 Å². The van der Waals surface area contributed by atoms with Crippen LogP contribution in [0.15, 0.2) is 18.2 Å². The van der Waals surface area contributed by atoms with Gasteiger partial charge in [-0.3, -0.25) is 4.79 Å². The molecule has 1 saturated carbocycles. The third kappa shape index (κ3) is 3.55. The van der Waals surface area contributed by atoms with Crippen LogP contribution in [0.4, 0.5) is 0 Å². The van der Waals surface area contributed by atoms with E-state index in [2.05, 4.69) is 28.4 Å². The zero-order valence-electron chi connectivity index (χ0n) is 14.8. The lowest BCUT2D eigenvalue weighted by atomic mass is 9.77. The van der Waals surface area contributed by atoms with Crippen molar-refractivity contribution in [3.63, 3.8) is 0 Å². The summed E-state index contributed by atoms with van der Waals surface area (Å²) in [4.78, 5) is 15.5. The second-order valence-corrected chi connectivity index (χ2v) is 6.87. The zero-order chi connectivity index (χ0) is 16.3. The van der Waals surface area contributed by atoms with E-state index in [1.54, 1.807) is 7.11 Å². The summed E-state index contributed by atoms with van der Waals surface area (Å²) in [7, 11) is 1.70. The molecule has 2 fully saturated rings. The number of ether oxygens (including phenoxy) is 1. The van der Waals surface area contributed by atoms with Crippen molar-refractivity contribution in [2.24, 2.45) is 0 Å². The number of carbonyl (C=O) groups excluding carboxylic acids is 1. The van der Waals surface area contributed by atoms with Crippen molar-refractivity contribution in [1.29, 1.82) is 0 Å². The van der Waals surface area contributed by atoms with Gasteiger partial charge in [0.2, 0.25) is 5.91 Å². The summed E-state index contributed by atoms with van der Waals surface area (Å²) in [5.41, 5.74) is 1.92. The molecule has 1 aliphatic carbocycles. The van der Waals surface area contributed by atoms with E-state index < -0.39 is 0 Å². The SMILES string of the molecule is COc1cc(C2(C(=O)N3CCCNCC3)CCCC2)ccc1C.Cl. The molecule has 0 radical (unpaired) electrons. The van der Waals surface area contributed by atoms with E-state index >= 15 is 0 Å². The standard InChI is InChI=1S/C19H28N2O2.ClH/c1-15-6-7-16(14-17(15)23-2)19(8-3-4-9-19)18(22)21-12-5-10-20-11-13-21;/h6-7,14,20H,3-5,8-13H2,1-2H3;1H. The molecule has 1 amide bonds. The Morgan fingerprint density at radius 1 is 1.17 bits per heavy atom. The molecule has 134 valence electrons. The second kappa shape index (κ2) is 8.21. The van der Waals surface area contributed by atoms with Crippen molar-refractivity contribution >= 4 is 18.3 Å². The number of benzene rings is 1. The number of hydrogen-bond acceptors (Lipinski definition) is 3. The van der Waals surface area contributed by atoms with E-state index in [1.165, 1.54) is 0 Å². The van der Waals surface area contributed by atoms with Gasteiger partial charge in [-0.15, -0.1) is 12.4 Å². The minimum atomic E-state index is -0.342. The van der Waals surface area contributed by atoms with Crippen LogP contribution < -0.4 is 10.1 Å². The topological polar surface area (TPSA) is 41.6 Å². The summed E-state index contributed by atoms with van der Waals surface area (Å²) < 4.78 is 5.50. The van der Waals surface area contributed by atoms with Gasteiger partial charge in [-0.1, -0.05) is 25.0 Å². The fraction of sp³-hybridized carbons (Fsp3) is 0.632. The molecule has 0 aromatic heterocycles. The highest BCUT2D eigenvalue weighted by Crippen LogP contribution is 2.44. The van der Waals surface area contributed by atoms with Crippen LogP contribution in [0, 0.1) is 6.92 Å². The van der Waals surface area contributed by atoms with Gasteiger partial charge < -0.3 is 15.0 Å². The smallest absolute Gasteiger partial charge is 0.233 e. The number of carbonyl (C=O) groups is 1. The van der Waals surface area contributed by atoms with Crippen LogP contribution in [0.1, 0.15) is 43.2 Å². The summed E-state index contributed by atoms with van der Waals surface area (Å²) in [6.07, 6.45) is 5.23. The predicted molar refractivity (Wildman–Crippen MR) is 99.2 cm³/mol. The first-order valence-electron chi connectivity index (χ1n) is 8.82. The summed E-state index contributed by atoms with van der Waals surface area (Å²) in [5.74, 6) is 1.21. The molecule has 1 aliphatic heterocycles. The number of hydrogen-bond donors (Lipinski definition) is 1. The summed E-state index contributed by atoms with van der Waals surface area (Å²) >= 11 is 0. The van der Waals surface area contributed by atoms with Crippen LogP contribution in [0.25, 0.3) is 0 Å². The van der Waals surface area contributed by atoms with E-state index in [1.807, 2.05) is 6.92 Å². The molecule has 0 bridgehead atoms. The van der Waals surface area contributed by atoms with Gasteiger partial charge in [0.1, 0.15) is 5.75 Å². The van der Waals surface area contributed by atoms with Gasteiger partial charge in [-0.2, -0.15) is 0 Å². The van der Waals surface area contributed by atoms with Gasteiger partial charge in [-0.05, 0) is 49.9 Å². The Balaban J connectivity index is 0.00000208. The van der Waals surface area contributed by atoms with Crippen LogP contribution in [-0.4, -0.2) is 44.1 Å². The van der Waals surface area contributed by atoms with Crippen molar-refractivity contribution < 1.29 is 9.53 Å². The summed E-state index contributed by atoms with van der Waals surface area (Å²) in [6, 6.07) is 6.32. The first-order chi connectivity index (χ1) is 11.2. The fourth-order valence-electron chi connectivity index (χ4n) is 4.07. The molecule has 2 aliphatic rings. The quantitative estimate of drug-likeness (QED) is 0.909. The average Bonchev–Trinajstić information content (AvgIpc) is 2.91. The van der Waals surface area contributed by atoms with Crippen LogP contribution in [0.3, 0.4) is 0 Å². The molecule has 1 saturated heterocycles. The lowest BCUT2D eigenvalue weighted by Crippen LogP contribution is -2.46. The molecule has 5 heteroatoms. The molecule has 0 spiro atoms. The van der Waals surface area contributed by atoms with E-state index in [9.17, 15) is 4.79 Å². The van der Waals surface area contributed by atoms with Crippen molar-refractivity contribution in [3.8, 4) is 5.75 Å². The fourth-order valence-corrected chi connectivity index (χ4v) is 4.07. The minimum Gasteiger partial charge on any atom is -0.496 e. The van der Waals surface area contributed by atoms with Crippen LogP contribution in [-0.2, 0) is 10.2 Å². The number of halogens is 1. The van der Waals surface area contributed by atoms with Gasteiger partial charge in [0.15, 0.2) is 0 Å². The molecule has 4 nitrogen and oxygen atoms in total. The second-order valence-electron chi connectivity index (χ2n) is 6.87. The first kappa shape index (κ1) is 19.1. The Kier molecular flexibility index (Phi) is 6.53. The maximum absolute atomic E-state index is 13.4. The number of aryl methyl sites for hydroxylation is 1. The van der Waals surface area contributed by atoms with Crippen molar-refractivity contribution in [1.82, 2.24) is 10.2 Å². The molecular formula is C19H29ClN2O2. The number of amides is 1. The molecule has 1 aromatic rings. The third-order valence-electron chi connectivity index (χ3n) is 5.45. The maximum atomic E-state index is 13.4. The summed E-state index contributed by atoms with van der Waals surface area (Å²) in [6.45, 7) is 5.65. The molecule has 24 heavy (non-hydrogen) atoms. The lowest BCUT2D eigenvalue weighted by Gasteiger charge is -2.34. The highest BCUT2D eigenvalue weighted by molar-refractivity contribution is 5.89. The van der Waals surface area contributed by atoms with Gasteiger partial charge >= 0.3 is 0 Å². The monoisotopic (exact) mass is 352 g/mol. The maximum Gasteiger partial charge on any atom is 0.233 e. The summed E-state index contributed by atoms with van der Waals surface area (Å²) in [5, 5.41) is 3.39. The van der Waals surface area contributed by atoms with E-state index in [-0.39, 0.29) is 17.8 Å². The van der Waals surface area contributed by atoms with Crippen LogP contribution in [0.2, 0.25) is 0 Å². The van der Waals surface area contributed by atoms with Crippen molar-refractivity contribution in [2.75, 3.05) is 33.3 Å². The lowest BCUT2D eigenvalue weighted by molar-refractivity contribution is -0.137. The molecular weight excluding hydrogens is 324 g/mol. The van der Waals surface area contributed by atoms with Crippen LogP contribution in [0.5, 0.6) is 5.75 Å². The van der Waals surface area contributed by atoms with Gasteiger partial charge in [-0.25, -0.2) is 0 Å². The highest BCUT2D eigenvalue weighted by atomic mass is 35.5. The average molecular weight is 353 g/mol. The predicted octanol–water partition coefficient (Wildman–Crippen LogP) is 3.06. The number of rotatable bonds is 3. The highest BCUT2D eigenvalue weighted by Gasteiger charge is 2.45. The van der Waals surface area contributed by atoms with Crippen molar-refractivity contribution in [3.05, 3.63) is 29.3 Å². The van der Waals surface area contributed by atoms with Gasteiger partial charge in [0.25, 0.3) is 0 Å². The Morgan fingerprint density at radius 3 is 2.62 bits per heavy atom. The number of methoxy groups -OCH3 is 1. The molecule has 1 N–H and O–H groups in total. The first-order valence-corrected chi connectivity index (χ1v) is 8.82. The third-order valence-corrected chi connectivity index (χ3v) is 5.45. The Hall–Kier alpha value is -1.26. The minimum absolute atomic E-state index is 0. The number of nitrogens with one attached hydrogen (secondary N) is 1. The normalized spacial score (nSPS) is 20.2. The molecule has 0 unspecified atom stereocenters. The molecule has 3 rings (SSSR count). The molecule has 0 atom stereocenters. The Morgan fingerprint density at radius 2 is 1.92 bits per heavy atom. The van der Waals surface area contributed by atoms with E-state index in [0.29, 0.717) is 5.91 Å².